The molecule has 0 spiro atoms. The maximum Gasteiger partial charge on any atom is 0.201 e. The Morgan fingerprint density at radius 2 is 1.61 bits per heavy atom. The lowest BCUT2D eigenvalue weighted by Crippen LogP contribution is -2.23. The molecule has 0 aromatic heterocycles. The average Bonchev–Trinajstić information content (AvgIpc) is 2.70. The molecular formula is C25H32F2O. The molecule has 0 unspecified atom stereocenters. The minimum atomic E-state index is -0.905. The van der Waals surface area contributed by atoms with E-state index in [2.05, 4.69) is 26.0 Å². The summed E-state index contributed by atoms with van der Waals surface area (Å²) < 4.78 is 34.1. The van der Waals surface area contributed by atoms with E-state index in [-0.39, 0.29) is 11.3 Å². The van der Waals surface area contributed by atoms with E-state index in [0.29, 0.717) is 23.5 Å². The first-order valence-electron chi connectivity index (χ1n) is 10.7. The van der Waals surface area contributed by atoms with E-state index in [1.807, 2.05) is 19.1 Å². The van der Waals surface area contributed by atoms with Gasteiger partial charge in [0.15, 0.2) is 11.6 Å². The molecule has 0 aliphatic heterocycles. The van der Waals surface area contributed by atoms with Gasteiger partial charge in [0.2, 0.25) is 5.82 Å². The second kappa shape index (κ2) is 9.07. The van der Waals surface area contributed by atoms with Gasteiger partial charge in [-0.1, -0.05) is 51.5 Å². The largest absolute Gasteiger partial charge is 0.490 e. The van der Waals surface area contributed by atoms with Crippen LogP contribution in [0, 0.1) is 17.0 Å². The molecule has 0 radical (unpaired) electrons. The Balaban J connectivity index is 1.72. The molecule has 1 saturated carbocycles. The molecular weight excluding hydrogens is 354 g/mol. The lowest BCUT2D eigenvalue weighted by molar-refractivity contribution is 0.182. The molecule has 3 heteroatoms. The summed E-state index contributed by atoms with van der Waals surface area (Å²) in [6.07, 6.45) is 8.27. The molecule has 1 fully saturated rings. The second-order valence-corrected chi connectivity index (χ2v) is 8.54. The highest BCUT2D eigenvalue weighted by molar-refractivity contribution is 5.65. The van der Waals surface area contributed by atoms with E-state index in [9.17, 15) is 8.78 Å². The topological polar surface area (TPSA) is 9.23 Å². The first-order valence-corrected chi connectivity index (χ1v) is 10.7. The van der Waals surface area contributed by atoms with Crippen molar-refractivity contribution in [1.82, 2.24) is 0 Å². The van der Waals surface area contributed by atoms with Crippen LogP contribution in [0.15, 0.2) is 36.4 Å². The Bertz CT molecular complexity index is 774. The third-order valence-electron chi connectivity index (χ3n) is 6.25. The molecule has 0 atom stereocenters. The zero-order chi connectivity index (χ0) is 20.1. The SMILES string of the molecule is CCCOc1ccc(-c2ccc(C3CCC(C)(CCC)CC3)cc2)c(F)c1F. The van der Waals surface area contributed by atoms with Gasteiger partial charge < -0.3 is 4.74 Å². The monoisotopic (exact) mass is 386 g/mol. The number of rotatable bonds is 7. The summed E-state index contributed by atoms with van der Waals surface area (Å²) in [5.74, 6) is -1.19. The van der Waals surface area contributed by atoms with Crippen LogP contribution in [-0.2, 0) is 0 Å². The molecule has 3 rings (SSSR count). The van der Waals surface area contributed by atoms with Crippen LogP contribution in [0.2, 0.25) is 0 Å². The third-order valence-corrected chi connectivity index (χ3v) is 6.25. The van der Waals surface area contributed by atoms with E-state index in [0.717, 1.165) is 6.42 Å². The van der Waals surface area contributed by atoms with Gasteiger partial charge in [0, 0.05) is 5.56 Å². The fraction of sp³-hybridized carbons (Fsp3) is 0.520. The molecule has 2 aromatic rings. The summed E-state index contributed by atoms with van der Waals surface area (Å²) in [5.41, 5.74) is 2.79. The highest BCUT2D eigenvalue weighted by Crippen LogP contribution is 2.45. The summed E-state index contributed by atoms with van der Waals surface area (Å²) in [6.45, 7) is 6.99. The van der Waals surface area contributed by atoms with E-state index in [1.165, 1.54) is 50.2 Å². The summed E-state index contributed by atoms with van der Waals surface area (Å²) in [7, 11) is 0. The van der Waals surface area contributed by atoms with Crippen molar-refractivity contribution < 1.29 is 13.5 Å². The Kier molecular flexibility index (Phi) is 6.74. The van der Waals surface area contributed by atoms with Crippen molar-refractivity contribution in [3.63, 3.8) is 0 Å². The van der Waals surface area contributed by atoms with Gasteiger partial charge in [0.1, 0.15) is 0 Å². The van der Waals surface area contributed by atoms with Crippen molar-refractivity contribution in [2.45, 2.75) is 71.6 Å². The molecule has 0 amide bonds. The third kappa shape index (κ3) is 4.56. The predicted octanol–water partition coefficient (Wildman–Crippen LogP) is 7.88. The van der Waals surface area contributed by atoms with Crippen LogP contribution in [0.1, 0.15) is 77.2 Å². The molecule has 2 aromatic carbocycles. The first-order chi connectivity index (χ1) is 13.5. The Hall–Kier alpha value is -1.90. The highest BCUT2D eigenvalue weighted by atomic mass is 19.2. The molecule has 0 bridgehead atoms. The number of hydrogen-bond donors (Lipinski definition) is 0. The maximum atomic E-state index is 14.5. The number of benzene rings is 2. The average molecular weight is 387 g/mol. The summed E-state index contributed by atoms with van der Waals surface area (Å²) >= 11 is 0. The van der Waals surface area contributed by atoms with Crippen LogP contribution in [0.3, 0.4) is 0 Å². The second-order valence-electron chi connectivity index (χ2n) is 8.54. The van der Waals surface area contributed by atoms with Crippen LogP contribution in [0.25, 0.3) is 11.1 Å². The normalized spacial score (nSPS) is 22.2. The van der Waals surface area contributed by atoms with Crippen LogP contribution in [0.5, 0.6) is 5.75 Å². The Morgan fingerprint density at radius 1 is 0.929 bits per heavy atom. The number of halogens is 2. The molecule has 0 saturated heterocycles. The van der Waals surface area contributed by atoms with Crippen molar-refractivity contribution in [3.05, 3.63) is 53.6 Å². The summed E-state index contributed by atoms with van der Waals surface area (Å²) in [6, 6.07) is 11.1. The lowest BCUT2D eigenvalue weighted by atomic mass is 9.68. The zero-order valence-corrected chi connectivity index (χ0v) is 17.4. The van der Waals surface area contributed by atoms with Gasteiger partial charge in [-0.3, -0.25) is 0 Å². The van der Waals surface area contributed by atoms with E-state index in [4.69, 9.17) is 4.74 Å². The van der Waals surface area contributed by atoms with Gasteiger partial charge in [0.25, 0.3) is 0 Å². The molecule has 1 aliphatic carbocycles. The maximum absolute atomic E-state index is 14.5. The molecule has 28 heavy (non-hydrogen) atoms. The molecule has 1 nitrogen and oxygen atoms in total. The van der Waals surface area contributed by atoms with Crippen LogP contribution < -0.4 is 4.74 Å². The van der Waals surface area contributed by atoms with Gasteiger partial charge in [-0.25, -0.2) is 4.39 Å². The Labute approximate surface area is 168 Å². The smallest absolute Gasteiger partial charge is 0.201 e. The molecule has 1 aliphatic rings. The van der Waals surface area contributed by atoms with Gasteiger partial charge >= 0.3 is 0 Å². The Morgan fingerprint density at radius 3 is 2.21 bits per heavy atom. The molecule has 152 valence electrons. The van der Waals surface area contributed by atoms with Crippen molar-refractivity contribution >= 4 is 0 Å². The fourth-order valence-electron chi connectivity index (χ4n) is 4.51. The van der Waals surface area contributed by atoms with Crippen molar-refractivity contribution in [1.29, 1.82) is 0 Å². The van der Waals surface area contributed by atoms with Gasteiger partial charge in [-0.05, 0) is 73.1 Å². The minimum absolute atomic E-state index is 0.0166. The summed E-state index contributed by atoms with van der Waals surface area (Å²) in [4.78, 5) is 0. The van der Waals surface area contributed by atoms with E-state index >= 15 is 0 Å². The van der Waals surface area contributed by atoms with Crippen molar-refractivity contribution in [2.24, 2.45) is 5.41 Å². The first kappa shape index (κ1) is 20.8. The molecule has 0 heterocycles. The van der Waals surface area contributed by atoms with Crippen molar-refractivity contribution in [2.75, 3.05) is 6.61 Å². The quantitative estimate of drug-likeness (QED) is 0.470. The van der Waals surface area contributed by atoms with Gasteiger partial charge in [-0.15, -0.1) is 0 Å². The number of hydrogen-bond acceptors (Lipinski definition) is 1. The zero-order valence-electron chi connectivity index (χ0n) is 17.4. The van der Waals surface area contributed by atoms with Crippen LogP contribution in [-0.4, -0.2) is 6.61 Å². The standard InChI is InChI=1S/C25H32F2O/c1-4-14-25(3)15-12-19(13-16-25)18-6-8-20(9-7-18)21-10-11-22(28-17-5-2)24(27)23(21)26/h6-11,19H,4-5,12-17H2,1-3H3. The van der Waals surface area contributed by atoms with Crippen molar-refractivity contribution in [3.8, 4) is 16.9 Å². The van der Waals surface area contributed by atoms with Crippen LogP contribution in [0.4, 0.5) is 8.78 Å². The number of ether oxygens (including phenoxy) is 1. The fourth-order valence-corrected chi connectivity index (χ4v) is 4.51. The lowest BCUT2D eigenvalue weighted by Gasteiger charge is -2.37. The van der Waals surface area contributed by atoms with E-state index in [1.54, 1.807) is 6.07 Å². The van der Waals surface area contributed by atoms with Gasteiger partial charge in [0.05, 0.1) is 6.61 Å². The summed E-state index contributed by atoms with van der Waals surface area (Å²) in [5, 5.41) is 0. The predicted molar refractivity (Wildman–Crippen MR) is 112 cm³/mol. The van der Waals surface area contributed by atoms with Gasteiger partial charge in [-0.2, -0.15) is 4.39 Å². The minimum Gasteiger partial charge on any atom is -0.490 e. The highest BCUT2D eigenvalue weighted by Gasteiger charge is 2.30. The van der Waals surface area contributed by atoms with Crippen LogP contribution >= 0.6 is 0 Å². The van der Waals surface area contributed by atoms with E-state index < -0.39 is 11.6 Å². The molecule has 0 N–H and O–H groups in total.